The highest BCUT2D eigenvalue weighted by Gasteiger charge is 2.28. The molecule has 1 rings (SSSR count). The SMILES string of the molecule is C[C@@H](Cn1cccn1)N[C@H](C)C(=O)NCC(F)(F)F. The largest absolute Gasteiger partial charge is 0.405 e. The molecule has 5 nitrogen and oxygen atoms in total. The Bertz CT molecular complexity index is 391. The van der Waals surface area contributed by atoms with Crippen LogP contribution in [0.4, 0.5) is 13.2 Å². The second-order valence-corrected chi connectivity index (χ2v) is 4.35. The maximum Gasteiger partial charge on any atom is 0.405 e. The van der Waals surface area contributed by atoms with Crippen LogP contribution in [-0.2, 0) is 11.3 Å². The van der Waals surface area contributed by atoms with E-state index in [9.17, 15) is 18.0 Å². The van der Waals surface area contributed by atoms with Crippen LogP contribution < -0.4 is 10.6 Å². The summed E-state index contributed by atoms with van der Waals surface area (Å²) in [6.45, 7) is 2.57. The summed E-state index contributed by atoms with van der Waals surface area (Å²) in [5, 5.41) is 8.76. The molecule has 0 bridgehead atoms. The first-order chi connectivity index (χ1) is 8.78. The predicted molar refractivity (Wildman–Crippen MR) is 63.4 cm³/mol. The highest BCUT2D eigenvalue weighted by atomic mass is 19.4. The minimum atomic E-state index is -4.39. The molecule has 0 saturated heterocycles. The lowest BCUT2D eigenvalue weighted by Gasteiger charge is -2.20. The van der Waals surface area contributed by atoms with E-state index in [-0.39, 0.29) is 6.04 Å². The number of hydrogen-bond acceptors (Lipinski definition) is 3. The van der Waals surface area contributed by atoms with Crippen LogP contribution in [0.3, 0.4) is 0 Å². The van der Waals surface area contributed by atoms with Crippen LogP contribution in [0.25, 0.3) is 0 Å². The Balaban J connectivity index is 2.33. The van der Waals surface area contributed by atoms with Crippen LogP contribution in [0, 0.1) is 0 Å². The first-order valence-electron chi connectivity index (χ1n) is 5.86. The predicted octanol–water partition coefficient (Wildman–Crippen LogP) is 0.928. The first-order valence-corrected chi connectivity index (χ1v) is 5.86. The Morgan fingerprint density at radius 2 is 2.11 bits per heavy atom. The lowest BCUT2D eigenvalue weighted by atomic mass is 10.2. The molecule has 8 heteroatoms. The molecule has 0 spiro atoms. The van der Waals surface area contributed by atoms with Gasteiger partial charge in [-0.1, -0.05) is 0 Å². The fourth-order valence-electron chi connectivity index (χ4n) is 1.58. The Labute approximate surface area is 109 Å². The lowest BCUT2D eigenvalue weighted by molar-refractivity contribution is -0.139. The highest BCUT2D eigenvalue weighted by Crippen LogP contribution is 2.12. The molecule has 0 unspecified atom stereocenters. The van der Waals surface area contributed by atoms with Gasteiger partial charge >= 0.3 is 6.18 Å². The van der Waals surface area contributed by atoms with Crippen molar-refractivity contribution in [3.63, 3.8) is 0 Å². The summed E-state index contributed by atoms with van der Waals surface area (Å²) in [6, 6.07) is 0.978. The Hall–Kier alpha value is -1.57. The standard InChI is InChI=1S/C11H17F3N4O/c1-8(6-18-5-3-4-16-18)17-9(2)10(19)15-7-11(12,13)14/h3-5,8-9,17H,6-7H2,1-2H3,(H,15,19)/t8-,9+/m0/s1. The molecule has 0 aliphatic heterocycles. The first kappa shape index (κ1) is 15.5. The molecular formula is C11H17F3N4O. The summed E-state index contributed by atoms with van der Waals surface area (Å²) in [7, 11) is 0. The van der Waals surface area contributed by atoms with E-state index in [1.807, 2.05) is 12.2 Å². The molecule has 2 atom stereocenters. The molecule has 0 aromatic carbocycles. The van der Waals surface area contributed by atoms with Gasteiger partial charge in [-0.2, -0.15) is 18.3 Å². The van der Waals surface area contributed by atoms with E-state index < -0.39 is 24.7 Å². The van der Waals surface area contributed by atoms with Gasteiger partial charge in [0, 0.05) is 18.4 Å². The van der Waals surface area contributed by atoms with Crippen molar-refractivity contribution >= 4 is 5.91 Å². The van der Waals surface area contributed by atoms with E-state index in [2.05, 4.69) is 10.4 Å². The van der Waals surface area contributed by atoms with E-state index in [4.69, 9.17) is 0 Å². The fraction of sp³-hybridized carbons (Fsp3) is 0.636. The van der Waals surface area contributed by atoms with Crippen molar-refractivity contribution in [1.29, 1.82) is 0 Å². The Morgan fingerprint density at radius 1 is 1.42 bits per heavy atom. The second kappa shape index (κ2) is 6.55. The molecular weight excluding hydrogens is 261 g/mol. The highest BCUT2D eigenvalue weighted by molar-refractivity contribution is 5.81. The van der Waals surface area contributed by atoms with Gasteiger partial charge in [0.2, 0.25) is 5.91 Å². The number of carbonyl (C=O) groups excluding carboxylic acids is 1. The van der Waals surface area contributed by atoms with Crippen LogP contribution in [0.1, 0.15) is 13.8 Å². The molecule has 1 amide bonds. The monoisotopic (exact) mass is 278 g/mol. The number of nitrogens with zero attached hydrogens (tertiary/aromatic N) is 2. The van der Waals surface area contributed by atoms with Crippen molar-refractivity contribution in [2.45, 2.75) is 38.7 Å². The number of aromatic nitrogens is 2. The molecule has 1 aromatic heterocycles. The Morgan fingerprint density at radius 3 is 2.63 bits per heavy atom. The van der Waals surface area contributed by atoms with Gasteiger partial charge in [0.05, 0.1) is 12.6 Å². The number of carbonyl (C=O) groups is 1. The number of nitrogens with one attached hydrogen (secondary N) is 2. The number of hydrogen-bond donors (Lipinski definition) is 2. The molecule has 19 heavy (non-hydrogen) atoms. The van der Waals surface area contributed by atoms with Gasteiger partial charge in [0.1, 0.15) is 6.54 Å². The fourth-order valence-corrected chi connectivity index (χ4v) is 1.58. The molecule has 0 saturated carbocycles. The molecule has 0 fully saturated rings. The summed E-state index contributed by atoms with van der Waals surface area (Å²) in [5.41, 5.74) is 0. The molecule has 1 aromatic rings. The van der Waals surface area contributed by atoms with Crippen molar-refractivity contribution < 1.29 is 18.0 Å². The maximum absolute atomic E-state index is 11.9. The van der Waals surface area contributed by atoms with Crippen LogP contribution in [-0.4, -0.2) is 40.5 Å². The number of halogens is 3. The van der Waals surface area contributed by atoms with Gasteiger partial charge in [-0.3, -0.25) is 9.48 Å². The Kier molecular flexibility index (Phi) is 5.34. The van der Waals surface area contributed by atoms with Gasteiger partial charge in [0.15, 0.2) is 0 Å². The van der Waals surface area contributed by atoms with Crippen molar-refractivity contribution in [3.8, 4) is 0 Å². The van der Waals surface area contributed by atoms with Crippen molar-refractivity contribution in [1.82, 2.24) is 20.4 Å². The summed E-state index contributed by atoms with van der Waals surface area (Å²) < 4.78 is 37.5. The molecule has 2 N–H and O–H groups in total. The zero-order valence-electron chi connectivity index (χ0n) is 10.7. The molecule has 0 aliphatic rings. The number of alkyl halides is 3. The average molecular weight is 278 g/mol. The number of amides is 1. The third-order valence-corrected chi connectivity index (χ3v) is 2.41. The van der Waals surface area contributed by atoms with Crippen LogP contribution >= 0.6 is 0 Å². The van der Waals surface area contributed by atoms with E-state index in [1.54, 1.807) is 23.1 Å². The van der Waals surface area contributed by atoms with E-state index in [0.29, 0.717) is 6.54 Å². The summed E-state index contributed by atoms with van der Waals surface area (Å²) >= 11 is 0. The smallest absolute Gasteiger partial charge is 0.346 e. The van der Waals surface area contributed by atoms with Crippen molar-refractivity contribution in [2.24, 2.45) is 0 Å². The van der Waals surface area contributed by atoms with Gasteiger partial charge in [-0.15, -0.1) is 0 Å². The molecule has 1 heterocycles. The third-order valence-electron chi connectivity index (χ3n) is 2.41. The second-order valence-electron chi connectivity index (χ2n) is 4.35. The maximum atomic E-state index is 11.9. The summed E-state index contributed by atoms with van der Waals surface area (Å²) in [6.07, 6.45) is -0.991. The zero-order valence-corrected chi connectivity index (χ0v) is 10.7. The summed E-state index contributed by atoms with van der Waals surface area (Å²) in [5.74, 6) is -0.676. The van der Waals surface area contributed by atoms with E-state index >= 15 is 0 Å². The van der Waals surface area contributed by atoms with Crippen LogP contribution in [0.15, 0.2) is 18.5 Å². The normalized spacial score (nSPS) is 15.0. The van der Waals surface area contributed by atoms with Gasteiger partial charge in [-0.05, 0) is 19.9 Å². The topological polar surface area (TPSA) is 59.0 Å². The third kappa shape index (κ3) is 6.23. The molecule has 0 radical (unpaired) electrons. The van der Waals surface area contributed by atoms with E-state index in [1.165, 1.54) is 6.92 Å². The zero-order chi connectivity index (χ0) is 14.5. The lowest BCUT2D eigenvalue weighted by Crippen LogP contribution is -2.48. The number of rotatable bonds is 6. The van der Waals surface area contributed by atoms with Crippen LogP contribution in [0.2, 0.25) is 0 Å². The minimum absolute atomic E-state index is 0.0912. The van der Waals surface area contributed by atoms with Crippen LogP contribution in [0.5, 0.6) is 0 Å². The quantitative estimate of drug-likeness (QED) is 0.814. The van der Waals surface area contributed by atoms with Crippen molar-refractivity contribution in [3.05, 3.63) is 18.5 Å². The average Bonchev–Trinajstić information content (AvgIpc) is 2.77. The van der Waals surface area contributed by atoms with Gasteiger partial charge in [0.25, 0.3) is 0 Å². The van der Waals surface area contributed by atoms with Gasteiger partial charge in [-0.25, -0.2) is 0 Å². The molecule has 0 aliphatic carbocycles. The van der Waals surface area contributed by atoms with Crippen molar-refractivity contribution in [2.75, 3.05) is 6.54 Å². The molecule has 108 valence electrons. The summed E-state index contributed by atoms with van der Waals surface area (Å²) in [4.78, 5) is 11.4. The minimum Gasteiger partial charge on any atom is -0.346 e. The van der Waals surface area contributed by atoms with Gasteiger partial charge < -0.3 is 10.6 Å². The van der Waals surface area contributed by atoms with E-state index in [0.717, 1.165) is 0 Å².